The molecule has 0 aromatic rings. The predicted molar refractivity (Wildman–Crippen MR) is 59.3 cm³/mol. The molecule has 1 fully saturated rings. The maximum Gasteiger partial charge on any atom is 0.308 e. The van der Waals surface area contributed by atoms with Crippen molar-refractivity contribution in [2.75, 3.05) is 13.7 Å². The fourth-order valence-corrected chi connectivity index (χ4v) is 2.42. The largest absolute Gasteiger partial charge is 0.469 e. The highest BCUT2D eigenvalue weighted by molar-refractivity contribution is 7.81. The van der Waals surface area contributed by atoms with Crippen molar-refractivity contribution in [1.29, 1.82) is 0 Å². The lowest BCUT2D eigenvalue weighted by atomic mass is 9.79. The zero-order valence-corrected chi connectivity index (χ0v) is 9.50. The highest BCUT2D eigenvalue weighted by atomic mass is 32.1. The monoisotopic (exact) mass is 217 g/mol. The number of esters is 1. The molecule has 4 heteroatoms. The molecule has 1 aliphatic carbocycles. The molecule has 2 N–H and O–H groups in total. The minimum Gasteiger partial charge on any atom is -0.469 e. The first-order valence-corrected chi connectivity index (χ1v) is 5.66. The van der Waals surface area contributed by atoms with Crippen LogP contribution in [-0.2, 0) is 9.53 Å². The van der Waals surface area contributed by atoms with Crippen molar-refractivity contribution >= 4 is 18.6 Å². The van der Waals surface area contributed by atoms with Gasteiger partial charge in [0.1, 0.15) is 0 Å². The predicted octanol–water partition coefficient (Wildman–Crippen LogP) is 1.22. The van der Waals surface area contributed by atoms with Gasteiger partial charge in [-0.3, -0.25) is 4.79 Å². The molecule has 0 radical (unpaired) electrons. The normalized spacial score (nSPS) is 29.6. The number of thiol groups is 1. The molecule has 0 saturated heterocycles. The number of ether oxygens (including phenoxy) is 1. The Morgan fingerprint density at radius 2 is 2.36 bits per heavy atom. The van der Waals surface area contributed by atoms with Crippen molar-refractivity contribution in [2.24, 2.45) is 17.6 Å². The van der Waals surface area contributed by atoms with Gasteiger partial charge in [-0.2, -0.15) is 12.6 Å². The second kappa shape index (κ2) is 5.61. The molecule has 0 bridgehead atoms. The Morgan fingerprint density at radius 3 is 2.93 bits per heavy atom. The van der Waals surface area contributed by atoms with E-state index in [-0.39, 0.29) is 17.1 Å². The van der Waals surface area contributed by atoms with Crippen LogP contribution >= 0.6 is 12.6 Å². The van der Waals surface area contributed by atoms with E-state index < -0.39 is 0 Å². The van der Waals surface area contributed by atoms with Crippen molar-refractivity contribution in [3.63, 3.8) is 0 Å². The van der Waals surface area contributed by atoms with Crippen LogP contribution in [-0.4, -0.2) is 24.9 Å². The topological polar surface area (TPSA) is 52.3 Å². The number of hydrogen-bond acceptors (Lipinski definition) is 4. The fraction of sp³-hybridized carbons (Fsp3) is 0.900. The van der Waals surface area contributed by atoms with Crippen LogP contribution in [0.5, 0.6) is 0 Å². The molecule has 3 nitrogen and oxygen atoms in total. The van der Waals surface area contributed by atoms with Gasteiger partial charge in [0, 0.05) is 11.8 Å². The van der Waals surface area contributed by atoms with Gasteiger partial charge in [0.25, 0.3) is 0 Å². The summed E-state index contributed by atoms with van der Waals surface area (Å²) >= 11 is 4.43. The molecule has 0 aromatic carbocycles. The second-order valence-corrected chi connectivity index (χ2v) is 4.61. The smallest absolute Gasteiger partial charge is 0.308 e. The molecule has 14 heavy (non-hydrogen) atoms. The van der Waals surface area contributed by atoms with E-state index in [1.807, 2.05) is 0 Å². The lowest BCUT2D eigenvalue weighted by Crippen LogP contribution is -2.31. The van der Waals surface area contributed by atoms with Crippen LogP contribution in [0.15, 0.2) is 0 Å². The maximum atomic E-state index is 11.3. The summed E-state index contributed by atoms with van der Waals surface area (Å²) in [5.41, 5.74) is 5.56. The molecule has 0 aliphatic heterocycles. The van der Waals surface area contributed by atoms with Gasteiger partial charge in [0.2, 0.25) is 0 Å². The quantitative estimate of drug-likeness (QED) is 0.552. The molecule has 1 saturated carbocycles. The van der Waals surface area contributed by atoms with E-state index in [0.29, 0.717) is 12.5 Å². The molecule has 82 valence electrons. The molecule has 1 rings (SSSR count). The van der Waals surface area contributed by atoms with Gasteiger partial charge < -0.3 is 10.5 Å². The summed E-state index contributed by atoms with van der Waals surface area (Å²) in [6.07, 6.45) is 4.06. The van der Waals surface area contributed by atoms with Crippen LogP contribution in [0.2, 0.25) is 0 Å². The zero-order valence-electron chi connectivity index (χ0n) is 8.61. The first-order chi connectivity index (χ1) is 6.69. The zero-order chi connectivity index (χ0) is 10.6. The average Bonchev–Trinajstić information content (AvgIpc) is 2.27. The van der Waals surface area contributed by atoms with Crippen LogP contribution in [0.3, 0.4) is 0 Å². The number of hydrogen-bond donors (Lipinski definition) is 2. The summed E-state index contributed by atoms with van der Waals surface area (Å²) in [4.78, 5) is 11.3. The van der Waals surface area contributed by atoms with Gasteiger partial charge in [0.15, 0.2) is 0 Å². The molecular weight excluding hydrogens is 198 g/mol. The highest BCUT2D eigenvalue weighted by Gasteiger charge is 2.30. The Balaban J connectivity index is 2.47. The summed E-state index contributed by atoms with van der Waals surface area (Å²) in [6.45, 7) is 0.585. The summed E-state index contributed by atoms with van der Waals surface area (Å²) in [7, 11) is 1.45. The summed E-state index contributed by atoms with van der Waals surface area (Å²) < 4.78 is 4.76. The van der Waals surface area contributed by atoms with E-state index in [1.54, 1.807) is 0 Å². The summed E-state index contributed by atoms with van der Waals surface area (Å²) in [6, 6.07) is 0. The van der Waals surface area contributed by atoms with E-state index in [2.05, 4.69) is 12.6 Å². The van der Waals surface area contributed by atoms with Crippen molar-refractivity contribution in [2.45, 2.75) is 30.9 Å². The second-order valence-electron chi connectivity index (χ2n) is 3.95. The van der Waals surface area contributed by atoms with Crippen LogP contribution in [0, 0.1) is 11.8 Å². The van der Waals surface area contributed by atoms with Gasteiger partial charge >= 0.3 is 5.97 Å². The Morgan fingerprint density at radius 1 is 1.64 bits per heavy atom. The molecular formula is C10H19NO2S. The molecule has 0 spiro atoms. The fourth-order valence-electron chi connectivity index (χ4n) is 2.15. The molecule has 1 aliphatic rings. The Labute approximate surface area is 90.8 Å². The van der Waals surface area contributed by atoms with Gasteiger partial charge in [-0.15, -0.1) is 0 Å². The third-order valence-corrected chi connectivity index (χ3v) is 3.67. The number of rotatable bonds is 3. The Kier molecular flexibility index (Phi) is 4.75. The van der Waals surface area contributed by atoms with Gasteiger partial charge in [-0.05, 0) is 25.2 Å². The van der Waals surface area contributed by atoms with Gasteiger partial charge in [-0.25, -0.2) is 0 Å². The minimum absolute atomic E-state index is 0.0694. The van der Waals surface area contributed by atoms with E-state index in [0.717, 1.165) is 25.7 Å². The van der Waals surface area contributed by atoms with Crippen molar-refractivity contribution in [1.82, 2.24) is 0 Å². The molecule has 0 heterocycles. The van der Waals surface area contributed by atoms with Gasteiger partial charge in [0.05, 0.1) is 13.0 Å². The highest BCUT2D eigenvalue weighted by Crippen LogP contribution is 2.33. The number of nitrogens with two attached hydrogens (primary N) is 1. The Bertz CT molecular complexity index is 199. The summed E-state index contributed by atoms with van der Waals surface area (Å²) in [5, 5.41) is 0.224. The summed E-state index contributed by atoms with van der Waals surface area (Å²) in [5.74, 6) is 0.466. The molecule has 0 amide bonds. The van der Waals surface area contributed by atoms with Crippen molar-refractivity contribution < 1.29 is 9.53 Å². The van der Waals surface area contributed by atoms with Crippen LogP contribution < -0.4 is 5.73 Å². The third-order valence-electron chi connectivity index (χ3n) is 3.03. The van der Waals surface area contributed by atoms with Crippen molar-refractivity contribution in [3.8, 4) is 0 Å². The Hall–Kier alpha value is -0.220. The van der Waals surface area contributed by atoms with E-state index in [9.17, 15) is 4.79 Å². The first-order valence-electron chi connectivity index (χ1n) is 5.15. The third kappa shape index (κ3) is 2.89. The van der Waals surface area contributed by atoms with Gasteiger partial charge in [-0.1, -0.05) is 6.42 Å². The standard InChI is InChI=1S/C10H19NO2S/c1-13-10(12)8-4-2-3-7(5-8)9(14)6-11/h7-9,14H,2-6,11H2,1H3. The molecule has 0 aromatic heterocycles. The molecule has 3 unspecified atom stereocenters. The van der Waals surface area contributed by atoms with E-state index in [4.69, 9.17) is 10.5 Å². The van der Waals surface area contributed by atoms with E-state index >= 15 is 0 Å². The van der Waals surface area contributed by atoms with Crippen LogP contribution in [0.4, 0.5) is 0 Å². The lowest BCUT2D eigenvalue weighted by molar-refractivity contribution is -0.147. The number of carbonyl (C=O) groups is 1. The maximum absolute atomic E-state index is 11.3. The number of carbonyl (C=O) groups excluding carboxylic acids is 1. The van der Waals surface area contributed by atoms with E-state index in [1.165, 1.54) is 7.11 Å². The minimum atomic E-state index is -0.0766. The van der Waals surface area contributed by atoms with Crippen molar-refractivity contribution in [3.05, 3.63) is 0 Å². The average molecular weight is 217 g/mol. The SMILES string of the molecule is COC(=O)C1CCCC(C(S)CN)C1. The molecule has 3 atom stereocenters. The van der Waals surface area contributed by atoms with Crippen LogP contribution in [0.1, 0.15) is 25.7 Å². The lowest BCUT2D eigenvalue weighted by Gasteiger charge is -2.30. The first kappa shape index (κ1) is 11.9. The van der Waals surface area contributed by atoms with Crippen LogP contribution in [0.25, 0.3) is 0 Å². The number of methoxy groups -OCH3 is 1.